The molecule has 0 spiro atoms. The van der Waals surface area contributed by atoms with Crippen LogP contribution in [0.15, 0.2) is 11.6 Å². The quantitative estimate of drug-likeness (QED) is 0.0703. The van der Waals surface area contributed by atoms with E-state index in [1.165, 1.54) is 64.2 Å². The standard InChI is InChI=1S/C37H66O7/c1-3-4-5-6-7-10-13-16-19-31(39)33-23-25-35(43-33)36-26-24-34(44-36)32(40)20-17-14-11-8-9-12-15-18-30(38)22-21-29-27-28(2)42-37(29)41/h27-28,30-36,38-40H,3-26H2,1-2H3/t28-,30+,31+,32-,33+,34-,35-,36+/m1/s1. The number of carbonyl (C=O) groups excluding carboxylic acids is 1. The van der Waals surface area contributed by atoms with Gasteiger partial charge in [0.05, 0.1) is 42.7 Å². The van der Waals surface area contributed by atoms with Crippen molar-refractivity contribution in [3.8, 4) is 0 Å². The van der Waals surface area contributed by atoms with Crippen molar-refractivity contribution >= 4 is 5.97 Å². The highest BCUT2D eigenvalue weighted by atomic mass is 16.6. The zero-order valence-corrected chi connectivity index (χ0v) is 28.1. The predicted molar refractivity (Wildman–Crippen MR) is 175 cm³/mol. The van der Waals surface area contributed by atoms with Crippen molar-refractivity contribution in [3.63, 3.8) is 0 Å². The molecule has 0 amide bonds. The molecule has 3 heterocycles. The normalized spacial score (nSPS) is 27.4. The van der Waals surface area contributed by atoms with Crippen molar-refractivity contribution in [1.82, 2.24) is 0 Å². The number of cyclic esters (lactones) is 1. The summed E-state index contributed by atoms with van der Waals surface area (Å²) in [7, 11) is 0. The van der Waals surface area contributed by atoms with Crippen molar-refractivity contribution in [3.05, 3.63) is 11.6 Å². The molecule has 0 aliphatic carbocycles. The number of rotatable bonds is 25. The second-order valence-corrected chi connectivity index (χ2v) is 14.0. The molecule has 0 aromatic rings. The molecule has 0 bridgehead atoms. The summed E-state index contributed by atoms with van der Waals surface area (Å²) in [5, 5.41) is 31.7. The van der Waals surface area contributed by atoms with Crippen molar-refractivity contribution < 1.29 is 34.3 Å². The van der Waals surface area contributed by atoms with Gasteiger partial charge in [-0.2, -0.15) is 0 Å². The van der Waals surface area contributed by atoms with Crippen LogP contribution in [-0.2, 0) is 19.0 Å². The van der Waals surface area contributed by atoms with Gasteiger partial charge >= 0.3 is 5.97 Å². The number of esters is 1. The molecular formula is C37H66O7. The fraction of sp³-hybridized carbons (Fsp3) is 0.919. The fourth-order valence-electron chi connectivity index (χ4n) is 7.25. The number of aliphatic hydroxyl groups excluding tert-OH is 3. The second kappa shape index (κ2) is 21.7. The third-order valence-corrected chi connectivity index (χ3v) is 10.1. The van der Waals surface area contributed by atoms with Crippen molar-refractivity contribution in [1.29, 1.82) is 0 Å². The van der Waals surface area contributed by atoms with E-state index < -0.39 is 6.10 Å². The first kappa shape index (κ1) is 37.5. The number of hydrogen-bond acceptors (Lipinski definition) is 7. The first-order chi connectivity index (χ1) is 21.4. The lowest BCUT2D eigenvalue weighted by molar-refractivity contribution is -0.139. The highest BCUT2D eigenvalue weighted by molar-refractivity contribution is 5.90. The second-order valence-electron chi connectivity index (χ2n) is 14.0. The lowest BCUT2D eigenvalue weighted by Crippen LogP contribution is -2.33. The molecule has 3 aliphatic heterocycles. The third kappa shape index (κ3) is 14.2. The molecule has 256 valence electrons. The lowest BCUT2D eigenvalue weighted by atomic mass is 10.00. The highest BCUT2D eigenvalue weighted by Crippen LogP contribution is 2.34. The maximum atomic E-state index is 11.7. The molecule has 0 radical (unpaired) electrons. The molecule has 7 nitrogen and oxygen atoms in total. The molecule has 0 aromatic heterocycles. The molecule has 2 saturated heterocycles. The van der Waals surface area contributed by atoms with Crippen LogP contribution in [0.25, 0.3) is 0 Å². The van der Waals surface area contributed by atoms with Crippen LogP contribution < -0.4 is 0 Å². The van der Waals surface area contributed by atoms with Crippen molar-refractivity contribution in [2.24, 2.45) is 0 Å². The Bertz CT molecular complexity index is 801. The van der Waals surface area contributed by atoms with E-state index in [1.807, 2.05) is 13.0 Å². The fourth-order valence-corrected chi connectivity index (χ4v) is 7.25. The van der Waals surface area contributed by atoms with Crippen LogP contribution in [0, 0.1) is 0 Å². The van der Waals surface area contributed by atoms with Crippen molar-refractivity contribution in [2.45, 2.75) is 217 Å². The minimum atomic E-state index is -0.406. The molecule has 0 unspecified atom stereocenters. The van der Waals surface area contributed by atoms with Gasteiger partial charge in [-0.25, -0.2) is 4.79 Å². The lowest BCUT2D eigenvalue weighted by Gasteiger charge is -2.24. The third-order valence-electron chi connectivity index (χ3n) is 10.1. The van der Waals surface area contributed by atoms with E-state index in [1.54, 1.807) is 0 Å². The average molecular weight is 623 g/mol. The number of unbranched alkanes of at least 4 members (excludes halogenated alkanes) is 13. The Morgan fingerprint density at radius 1 is 0.659 bits per heavy atom. The molecule has 3 aliphatic rings. The Balaban J connectivity index is 1.13. The molecule has 0 saturated carbocycles. The van der Waals surface area contributed by atoms with E-state index in [0.29, 0.717) is 18.4 Å². The van der Waals surface area contributed by atoms with Gasteiger partial charge in [-0.15, -0.1) is 0 Å². The summed E-state index contributed by atoms with van der Waals surface area (Å²) >= 11 is 0. The van der Waals surface area contributed by atoms with E-state index in [-0.39, 0.29) is 48.7 Å². The first-order valence-electron chi connectivity index (χ1n) is 18.6. The monoisotopic (exact) mass is 622 g/mol. The predicted octanol–water partition coefficient (Wildman–Crippen LogP) is 7.86. The Hall–Kier alpha value is -0.990. The zero-order valence-electron chi connectivity index (χ0n) is 28.1. The van der Waals surface area contributed by atoms with Gasteiger partial charge in [0.2, 0.25) is 0 Å². The van der Waals surface area contributed by atoms with Crippen LogP contribution in [0.1, 0.15) is 168 Å². The van der Waals surface area contributed by atoms with E-state index in [2.05, 4.69) is 6.92 Å². The van der Waals surface area contributed by atoms with Crippen LogP contribution in [0.5, 0.6) is 0 Å². The van der Waals surface area contributed by atoms with Crippen LogP contribution in [0.3, 0.4) is 0 Å². The number of aliphatic hydroxyl groups is 3. The topological polar surface area (TPSA) is 105 Å². The van der Waals surface area contributed by atoms with E-state index in [4.69, 9.17) is 14.2 Å². The average Bonchev–Trinajstić information content (AvgIpc) is 3.76. The van der Waals surface area contributed by atoms with Crippen LogP contribution in [-0.4, -0.2) is 70.1 Å². The Labute approximate surface area is 268 Å². The van der Waals surface area contributed by atoms with E-state index >= 15 is 0 Å². The Morgan fingerprint density at radius 2 is 1.11 bits per heavy atom. The van der Waals surface area contributed by atoms with Gasteiger partial charge in [0, 0.05) is 5.57 Å². The molecule has 7 heteroatoms. The van der Waals surface area contributed by atoms with Crippen LogP contribution >= 0.6 is 0 Å². The van der Waals surface area contributed by atoms with Gasteiger partial charge in [-0.05, 0) is 70.8 Å². The number of carbonyl (C=O) groups is 1. The summed E-state index contributed by atoms with van der Waals surface area (Å²) in [5.41, 5.74) is 0.706. The van der Waals surface area contributed by atoms with Gasteiger partial charge in [0.15, 0.2) is 0 Å². The maximum Gasteiger partial charge on any atom is 0.334 e. The highest BCUT2D eigenvalue weighted by Gasteiger charge is 2.40. The first-order valence-corrected chi connectivity index (χ1v) is 18.6. The van der Waals surface area contributed by atoms with E-state index in [0.717, 1.165) is 77.0 Å². The largest absolute Gasteiger partial charge is 0.455 e. The van der Waals surface area contributed by atoms with E-state index in [9.17, 15) is 20.1 Å². The van der Waals surface area contributed by atoms with Gasteiger partial charge in [0.1, 0.15) is 6.10 Å². The molecule has 2 fully saturated rings. The Kier molecular flexibility index (Phi) is 18.5. The van der Waals surface area contributed by atoms with Gasteiger partial charge in [-0.3, -0.25) is 0 Å². The minimum absolute atomic E-state index is 0.0495. The molecule has 44 heavy (non-hydrogen) atoms. The smallest absolute Gasteiger partial charge is 0.334 e. The SMILES string of the molecule is CCCCCCCCCC[C@H](O)[C@@H]1CC[C@H]([C@@H]2CC[C@H]([C@H](O)CCCCCCCCC[C@H](O)CCC3=C[C@@H](C)OC3=O)O2)O1. The van der Waals surface area contributed by atoms with Crippen LogP contribution in [0.2, 0.25) is 0 Å². The summed E-state index contributed by atoms with van der Waals surface area (Å²) in [4.78, 5) is 11.7. The van der Waals surface area contributed by atoms with Gasteiger partial charge in [-0.1, -0.05) is 103 Å². The van der Waals surface area contributed by atoms with Crippen molar-refractivity contribution in [2.75, 3.05) is 0 Å². The summed E-state index contributed by atoms with van der Waals surface area (Å²) < 4.78 is 17.7. The number of ether oxygens (including phenoxy) is 3. The maximum absolute atomic E-state index is 11.7. The van der Waals surface area contributed by atoms with Gasteiger partial charge in [0.25, 0.3) is 0 Å². The van der Waals surface area contributed by atoms with Gasteiger partial charge < -0.3 is 29.5 Å². The molecule has 8 atom stereocenters. The molecule has 0 aromatic carbocycles. The number of hydrogen-bond donors (Lipinski definition) is 3. The zero-order chi connectivity index (χ0) is 31.6. The summed E-state index contributed by atoms with van der Waals surface area (Å²) in [6, 6.07) is 0. The Morgan fingerprint density at radius 3 is 1.57 bits per heavy atom. The molecule has 3 N–H and O–H groups in total. The summed E-state index contributed by atoms with van der Waals surface area (Å²) in [5.74, 6) is -0.231. The van der Waals surface area contributed by atoms with Crippen LogP contribution in [0.4, 0.5) is 0 Å². The molecule has 3 rings (SSSR count). The minimum Gasteiger partial charge on any atom is -0.455 e. The summed E-state index contributed by atoms with van der Waals surface area (Å²) in [6.45, 7) is 4.11. The molecular weight excluding hydrogens is 556 g/mol. The summed E-state index contributed by atoms with van der Waals surface area (Å²) in [6.07, 6.45) is 25.9.